The van der Waals surface area contributed by atoms with Crippen molar-refractivity contribution in [1.82, 2.24) is 5.32 Å². The summed E-state index contributed by atoms with van der Waals surface area (Å²) < 4.78 is 10.3. The zero-order valence-electron chi connectivity index (χ0n) is 13.1. The van der Waals surface area contributed by atoms with Gasteiger partial charge in [0.05, 0.1) is 17.9 Å². The van der Waals surface area contributed by atoms with Crippen LogP contribution in [-0.4, -0.2) is 31.2 Å². The van der Waals surface area contributed by atoms with Gasteiger partial charge in [-0.05, 0) is 43.2 Å². The molecule has 0 saturated carbocycles. The minimum absolute atomic E-state index is 0.108. The molecule has 0 aliphatic carbocycles. The average Bonchev–Trinajstić information content (AvgIpc) is 3.28. The number of amides is 3. The van der Waals surface area contributed by atoms with Gasteiger partial charge in [-0.2, -0.15) is 0 Å². The van der Waals surface area contributed by atoms with E-state index in [0.29, 0.717) is 23.5 Å². The van der Waals surface area contributed by atoms with E-state index < -0.39 is 0 Å². The van der Waals surface area contributed by atoms with Gasteiger partial charge in [0.25, 0.3) is 5.91 Å². The number of nitrogens with one attached hydrogen (secondary N) is 3. The van der Waals surface area contributed by atoms with Crippen LogP contribution in [0.4, 0.5) is 16.2 Å². The van der Waals surface area contributed by atoms with Gasteiger partial charge in [0.15, 0.2) is 0 Å². The first-order valence-corrected chi connectivity index (χ1v) is 7.81. The van der Waals surface area contributed by atoms with Gasteiger partial charge >= 0.3 is 6.03 Å². The Balaban J connectivity index is 1.47. The van der Waals surface area contributed by atoms with Crippen LogP contribution in [0.25, 0.3) is 0 Å². The summed E-state index contributed by atoms with van der Waals surface area (Å²) in [7, 11) is 0. The minimum Gasteiger partial charge on any atom is -0.472 e. The molecule has 1 saturated heterocycles. The Morgan fingerprint density at radius 3 is 2.46 bits per heavy atom. The number of carbonyl (C=O) groups is 2. The predicted molar refractivity (Wildman–Crippen MR) is 89.1 cm³/mol. The summed E-state index contributed by atoms with van der Waals surface area (Å²) in [6, 6.07) is 8.18. The average molecular weight is 329 g/mol. The standard InChI is InChI=1S/C17H19N3O4/c21-16(12-7-9-23-11-12)19-13-3-5-14(6-4-13)20-17(22)18-10-15-2-1-8-24-15/h3-7,9,11,15H,1-2,8,10H2,(H,19,21)(H2,18,20,22). The van der Waals surface area contributed by atoms with E-state index >= 15 is 0 Å². The van der Waals surface area contributed by atoms with Gasteiger partial charge in [-0.25, -0.2) is 4.79 Å². The van der Waals surface area contributed by atoms with Gasteiger partial charge < -0.3 is 25.1 Å². The van der Waals surface area contributed by atoms with E-state index in [-0.39, 0.29) is 18.0 Å². The summed E-state index contributed by atoms with van der Waals surface area (Å²) in [6.07, 6.45) is 4.95. The van der Waals surface area contributed by atoms with E-state index in [1.807, 2.05) is 0 Å². The van der Waals surface area contributed by atoms with Crippen LogP contribution in [0.3, 0.4) is 0 Å². The molecule has 3 rings (SSSR count). The van der Waals surface area contributed by atoms with Crippen molar-refractivity contribution in [1.29, 1.82) is 0 Å². The topological polar surface area (TPSA) is 92.6 Å². The Morgan fingerprint density at radius 2 is 1.83 bits per heavy atom. The number of benzene rings is 1. The van der Waals surface area contributed by atoms with E-state index in [9.17, 15) is 9.59 Å². The molecular formula is C17H19N3O4. The van der Waals surface area contributed by atoms with Gasteiger partial charge in [0, 0.05) is 24.5 Å². The van der Waals surface area contributed by atoms with Crippen molar-refractivity contribution in [3.63, 3.8) is 0 Å². The highest BCUT2D eigenvalue weighted by atomic mass is 16.5. The van der Waals surface area contributed by atoms with Gasteiger partial charge in [0.2, 0.25) is 0 Å². The number of urea groups is 1. The number of carbonyl (C=O) groups excluding carboxylic acids is 2. The lowest BCUT2D eigenvalue weighted by molar-refractivity contribution is 0.102. The highest BCUT2D eigenvalue weighted by Gasteiger charge is 2.16. The third kappa shape index (κ3) is 4.36. The molecule has 0 spiro atoms. The quantitative estimate of drug-likeness (QED) is 0.786. The van der Waals surface area contributed by atoms with E-state index in [4.69, 9.17) is 9.15 Å². The van der Waals surface area contributed by atoms with Crippen molar-refractivity contribution < 1.29 is 18.7 Å². The fourth-order valence-corrected chi connectivity index (χ4v) is 2.42. The van der Waals surface area contributed by atoms with Gasteiger partial charge in [-0.3, -0.25) is 4.79 Å². The molecule has 1 aliphatic rings. The predicted octanol–water partition coefficient (Wildman–Crippen LogP) is 2.83. The molecule has 1 aliphatic heterocycles. The normalized spacial score (nSPS) is 16.6. The molecule has 1 aromatic carbocycles. The smallest absolute Gasteiger partial charge is 0.319 e. The molecule has 7 heteroatoms. The van der Waals surface area contributed by atoms with Crippen molar-refractivity contribution in [3.05, 3.63) is 48.4 Å². The Hall–Kier alpha value is -2.80. The Morgan fingerprint density at radius 1 is 1.08 bits per heavy atom. The molecule has 126 valence electrons. The van der Waals surface area contributed by atoms with E-state index in [0.717, 1.165) is 19.4 Å². The van der Waals surface area contributed by atoms with Crippen molar-refractivity contribution in [3.8, 4) is 0 Å². The SMILES string of the molecule is O=C(NCC1CCCO1)Nc1ccc(NC(=O)c2ccoc2)cc1. The lowest BCUT2D eigenvalue weighted by Gasteiger charge is -2.12. The number of hydrogen-bond acceptors (Lipinski definition) is 4. The molecule has 0 bridgehead atoms. The summed E-state index contributed by atoms with van der Waals surface area (Å²) in [5.41, 5.74) is 1.72. The molecule has 1 unspecified atom stereocenters. The molecular weight excluding hydrogens is 310 g/mol. The summed E-state index contributed by atoms with van der Waals surface area (Å²) in [5.74, 6) is -0.251. The number of furan rings is 1. The zero-order valence-corrected chi connectivity index (χ0v) is 13.1. The molecule has 2 heterocycles. The fraction of sp³-hybridized carbons (Fsp3) is 0.294. The second-order valence-corrected chi connectivity index (χ2v) is 5.51. The van der Waals surface area contributed by atoms with E-state index in [2.05, 4.69) is 16.0 Å². The van der Waals surface area contributed by atoms with Gasteiger partial charge in [0.1, 0.15) is 6.26 Å². The number of rotatable bonds is 5. The van der Waals surface area contributed by atoms with Crippen LogP contribution in [0.1, 0.15) is 23.2 Å². The molecule has 1 aromatic heterocycles. The van der Waals surface area contributed by atoms with Crippen LogP contribution in [0.5, 0.6) is 0 Å². The fourth-order valence-electron chi connectivity index (χ4n) is 2.42. The highest BCUT2D eigenvalue weighted by molar-refractivity contribution is 6.04. The molecule has 24 heavy (non-hydrogen) atoms. The van der Waals surface area contributed by atoms with Gasteiger partial charge in [-0.1, -0.05) is 0 Å². The lowest BCUT2D eigenvalue weighted by atomic mass is 10.2. The van der Waals surface area contributed by atoms with E-state index in [1.165, 1.54) is 12.5 Å². The molecule has 7 nitrogen and oxygen atoms in total. The van der Waals surface area contributed by atoms with Crippen LogP contribution in [0.2, 0.25) is 0 Å². The third-order valence-corrected chi connectivity index (χ3v) is 3.70. The van der Waals surface area contributed by atoms with Crippen molar-refractivity contribution in [2.24, 2.45) is 0 Å². The van der Waals surface area contributed by atoms with Crippen molar-refractivity contribution >= 4 is 23.3 Å². The summed E-state index contributed by atoms with van der Waals surface area (Å²) >= 11 is 0. The molecule has 0 radical (unpaired) electrons. The summed E-state index contributed by atoms with van der Waals surface area (Å²) in [4.78, 5) is 23.7. The first-order chi connectivity index (χ1) is 11.7. The van der Waals surface area contributed by atoms with Crippen LogP contribution >= 0.6 is 0 Å². The number of hydrogen-bond donors (Lipinski definition) is 3. The Bertz CT molecular complexity index is 676. The van der Waals surface area contributed by atoms with Crippen LogP contribution in [0, 0.1) is 0 Å². The molecule has 2 aromatic rings. The number of ether oxygens (including phenoxy) is 1. The largest absolute Gasteiger partial charge is 0.472 e. The zero-order chi connectivity index (χ0) is 16.8. The molecule has 1 atom stereocenters. The molecule has 3 amide bonds. The van der Waals surface area contributed by atoms with Crippen LogP contribution in [-0.2, 0) is 4.74 Å². The molecule has 1 fully saturated rings. The maximum absolute atomic E-state index is 11.9. The van der Waals surface area contributed by atoms with Crippen molar-refractivity contribution in [2.45, 2.75) is 18.9 Å². The first kappa shape index (κ1) is 16.1. The summed E-state index contributed by atoms with van der Waals surface area (Å²) in [5, 5.41) is 8.27. The number of anilines is 2. The van der Waals surface area contributed by atoms with Gasteiger partial charge in [-0.15, -0.1) is 0 Å². The summed E-state index contributed by atoms with van der Waals surface area (Å²) in [6.45, 7) is 1.27. The van der Waals surface area contributed by atoms with Crippen molar-refractivity contribution in [2.75, 3.05) is 23.8 Å². The highest BCUT2D eigenvalue weighted by Crippen LogP contribution is 2.15. The maximum Gasteiger partial charge on any atom is 0.319 e. The second kappa shape index (κ2) is 7.65. The minimum atomic E-state index is -0.277. The lowest BCUT2D eigenvalue weighted by Crippen LogP contribution is -2.35. The maximum atomic E-state index is 11.9. The Labute approximate surface area is 139 Å². The third-order valence-electron chi connectivity index (χ3n) is 3.70. The first-order valence-electron chi connectivity index (χ1n) is 7.81. The second-order valence-electron chi connectivity index (χ2n) is 5.51. The molecule has 3 N–H and O–H groups in total. The van der Waals surface area contributed by atoms with Crippen LogP contribution < -0.4 is 16.0 Å². The van der Waals surface area contributed by atoms with Crippen LogP contribution in [0.15, 0.2) is 47.3 Å². The Kier molecular flexibility index (Phi) is 5.12. The monoisotopic (exact) mass is 329 g/mol. The van der Waals surface area contributed by atoms with E-state index in [1.54, 1.807) is 30.3 Å².